The Kier molecular flexibility index (Phi) is 11.6. The summed E-state index contributed by atoms with van der Waals surface area (Å²) in [5.41, 5.74) is 6.47. The van der Waals surface area contributed by atoms with Gasteiger partial charge < -0.3 is 30.7 Å². The first-order chi connectivity index (χ1) is 16.1. The molecule has 2 aliphatic rings. The van der Waals surface area contributed by atoms with Crippen LogP contribution in [0.3, 0.4) is 0 Å². The number of benzene rings is 2. The molecule has 2 heterocycles. The molecular weight excluding hydrogens is 491 g/mol. The van der Waals surface area contributed by atoms with Gasteiger partial charge in [-0.3, -0.25) is 9.59 Å². The van der Waals surface area contributed by atoms with Crippen LogP contribution < -0.4 is 25.8 Å². The van der Waals surface area contributed by atoms with Gasteiger partial charge in [0.1, 0.15) is 24.2 Å². The highest BCUT2D eigenvalue weighted by Gasteiger charge is 2.34. The third kappa shape index (κ3) is 8.28. The quantitative estimate of drug-likeness (QED) is 0.489. The molecule has 0 saturated carbocycles. The molecule has 2 aromatic carbocycles. The van der Waals surface area contributed by atoms with E-state index in [2.05, 4.69) is 10.6 Å². The van der Waals surface area contributed by atoms with Crippen LogP contribution in [0.2, 0.25) is 0 Å². The lowest BCUT2D eigenvalue weighted by Crippen LogP contribution is -2.48. The second-order valence-corrected chi connectivity index (χ2v) is 8.55. The first kappa shape index (κ1) is 28.7. The molecule has 8 nitrogen and oxygen atoms in total. The van der Waals surface area contributed by atoms with E-state index in [9.17, 15) is 9.59 Å². The fraction of sp³-hybridized carbons (Fsp3) is 0.440. The molecule has 2 fully saturated rings. The summed E-state index contributed by atoms with van der Waals surface area (Å²) in [4.78, 5) is 26.2. The van der Waals surface area contributed by atoms with Crippen molar-refractivity contribution < 1.29 is 19.1 Å². The number of halogens is 2. The SMILES string of the molecule is Cl.Cl.NCC(=O)N[C@H]1CN[C@H](C(=O)N2CCC(Oc3ccc(OCc4ccccc4)cc3)CC2)C1. The number of nitrogens with zero attached hydrogens (tertiary/aromatic N) is 1. The highest BCUT2D eigenvalue weighted by atomic mass is 35.5. The van der Waals surface area contributed by atoms with E-state index in [1.807, 2.05) is 59.5 Å². The molecule has 4 rings (SSSR count). The van der Waals surface area contributed by atoms with Crippen LogP contribution >= 0.6 is 24.8 Å². The Morgan fingerprint density at radius 1 is 1.00 bits per heavy atom. The summed E-state index contributed by atoms with van der Waals surface area (Å²) in [7, 11) is 0. The zero-order valence-electron chi connectivity index (χ0n) is 19.6. The molecule has 10 heteroatoms. The number of piperidine rings is 1. The summed E-state index contributed by atoms with van der Waals surface area (Å²) in [6.07, 6.45) is 2.26. The van der Waals surface area contributed by atoms with E-state index < -0.39 is 0 Å². The average molecular weight is 525 g/mol. The van der Waals surface area contributed by atoms with E-state index in [1.165, 1.54) is 0 Å². The first-order valence-corrected chi connectivity index (χ1v) is 11.6. The van der Waals surface area contributed by atoms with Crippen LogP contribution in [0, 0.1) is 0 Å². The number of amides is 2. The van der Waals surface area contributed by atoms with Crippen molar-refractivity contribution in [1.29, 1.82) is 0 Å². The van der Waals surface area contributed by atoms with Crippen LogP contribution in [0.5, 0.6) is 11.5 Å². The highest BCUT2D eigenvalue weighted by molar-refractivity contribution is 5.85. The van der Waals surface area contributed by atoms with Crippen molar-refractivity contribution in [2.45, 2.75) is 44.1 Å². The lowest BCUT2D eigenvalue weighted by Gasteiger charge is -2.33. The largest absolute Gasteiger partial charge is 0.490 e. The van der Waals surface area contributed by atoms with E-state index >= 15 is 0 Å². The smallest absolute Gasteiger partial charge is 0.239 e. The Morgan fingerprint density at radius 2 is 1.66 bits per heavy atom. The van der Waals surface area contributed by atoms with Crippen LogP contribution in [0.25, 0.3) is 0 Å². The maximum absolute atomic E-state index is 12.8. The molecule has 192 valence electrons. The molecule has 0 spiro atoms. The van der Waals surface area contributed by atoms with Crippen LogP contribution in [-0.4, -0.2) is 61.1 Å². The van der Waals surface area contributed by atoms with Crippen molar-refractivity contribution in [1.82, 2.24) is 15.5 Å². The molecule has 0 aliphatic carbocycles. The zero-order valence-corrected chi connectivity index (χ0v) is 21.2. The number of nitrogens with two attached hydrogens (primary N) is 1. The fourth-order valence-electron chi connectivity index (χ4n) is 4.28. The Bertz CT molecular complexity index is 925. The molecule has 0 aromatic heterocycles. The minimum Gasteiger partial charge on any atom is -0.490 e. The van der Waals surface area contributed by atoms with E-state index in [0.717, 1.165) is 29.9 Å². The van der Waals surface area contributed by atoms with E-state index in [-0.39, 0.29) is 61.4 Å². The number of likely N-dealkylation sites (tertiary alicyclic amines) is 1. The van der Waals surface area contributed by atoms with Crippen molar-refractivity contribution >= 4 is 36.6 Å². The van der Waals surface area contributed by atoms with Gasteiger partial charge in [-0.15, -0.1) is 24.8 Å². The second-order valence-electron chi connectivity index (χ2n) is 8.55. The Balaban J connectivity index is 0.00000216. The van der Waals surface area contributed by atoms with Gasteiger partial charge in [0.25, 0.3) is 0 Å². The van der Waals surface area contributed by atoms with Crippen molar-refractivity contribution in [2.24, 2.45) is 5.73 Å². The molecule has 0 unspecified atom stereocenters. The second kappa shape index (κ2) is 14.1. The van der Waals surface area contributed by atoms with Crippen molar-refractivity contribution in [3.63, 3.8) is 0 Å². The molecular formula is C25H34Cl2N4O4. The van der Waals surface area contributed by atoms with Crippen molar-refractivity contribution in [3.8, 4) is 11.5 Å². The summed E-state index contributed by atoms with van der Waals surface area (Å²) in [6.45, 7) is 2.42. The number of rotatable bonds is 8. The monoisotopic (exact) mass is 524 g/mol. The Morgan fingerprint density at radius 3 is 2.31 bits per heavy atom. The lowest BCUT2D eigenvalue weighted by atomic mass is 10.1. The van der Waals surface area contributed by atoms with Crippen molar-refractivity contribution in [3.05, 3.63) is 60.2 Å². The van der Waals surface area contributed by atoms with Crippen LogP contribution in [0.4, 0.5) is 0 Å². The number of hydrogen-bond donors (Lipinski definition) is 3. The highest BCUT2D eigenvalue weighted by Crippen LogP contribution is 2.23. The van der Waals surface area contributed by atoms with Gasteiger partial charge in [-0.1, -0.05) is 30.3 Å². The van der Waals surface area contributed by atoms with Gasteiger partial charge in [0.15, 0.2) is 0 Å². The summed E-state index contributed by atoms with van der Waals surface area (Å²) >= 11 is 0. The van der Waals surface area contributed by atoms with Gasteiger partial charge in [-0.05, 0) is 36.2 Å². The average Bonchev–Trinajstić information content (AvgIpc) is 3.32. The maximum atomic E-state index is 12.8. The van der Waals surface area contributed by atoms with Crippen LogP contribution in [0.15, 0.2) is 54.6 Å². The molecule has 0 radical (unpaired) electrons. The van der Waals surface area contributed by atoms with E-state index in [0.29, 0.717) is 32.7 Å². The van der Waals surface area contributed by atoms with E-state index in [4.69, 9.17) is 15.2 Å². The molecule has 4 N–H and O–H groups in total. The topological polar surface area (TPSA) is 106 Å². The number of nitrogens with one attached hydrogen (secondary N) is 2. The fourth-order valence-corrected chi connectivity index (χ4v) is 4.28. The van der Waals surface area contributed by atoms with Gasteiger partial charge in [0, 0.05) is 38.5 Å². The third-order valence-electron chi connectivity index (χ3n) is 6.11. The van der Waals surface area contributed by atoms with Gasteiger partial charge in [0.05, 0.1) is 12.6 Å². The van der Waals surface area contributed by atoms with Crippen LogP contribution in [-0.2, 0) is 16.2 Å². The predicted octanol–water partition coefficient (Wildman–Crippen LogP) is 2.28. The minimum absolute atomic E-state index is 0. The molecule has 2 saturated heterocycles. The Hall–Kier alpha value is -2.52. The van der Waals surface area contributed by atoms with Gasteiger partial charge in [0.2, 0.25) is 11.8 Å². The van der Waals surface area contributed by atoms with Gasteiger partial charge >= 0.3 is 0 Å². The zero-order chi connectivity index (χ0) is 23.0. The number of carbonyl (C=O) groups is 2. The summed E-state index contributed by atoms with van der Waals surface area (Å²) < 4.78 is 12.0. The third-order valence-corrected chi connectivity index (χ3v) is 6.11. The predicted molar refractivity (Wildman–Crippen MR) is 139 cm³/mol. The van der Waals surface area contributed by atoms with Gasteiger partial charge in [-0.25, -0.2) is 0 Å². The molecule has 0 bridgehead atoms. The summed E-state index contributed by atoms with van der Waals surface area (Å²) in [5.74, 6) is 1.51. The number of carbonyl (C=O) groups excluding carboxylic acids is 2. The number of ether oxygens (including phenoxy) is 2. The Labute approximate surface area is 218 Å². The number of hydrogen-bond acceptors (Lipinski definition) is 6. The standard InChI is InChI=1S/C25H32N4O4.2ClH/c26-15-24(30)28-19-14-23(27-16-19)25(31)29-12-10-22(11-13-29)33-21-8-6-20(7-9-21)32-17-18-4-2-1-3-5-18;;/h1-9,19,22-23,27H,10-17,26H2,(H,28,30);2*1H/t19-,23+;;/m1../s1. The molecule has 35 heavy (non-hydrogen) atoms. The molecule has 2 atom stereocenters. The first-order valence-electron chi connectivity index (χ1n) is 11.6. The van der Waals surface area contributed by atoms with E-state index in [1.54, 1.807) is 0 Å². The molecule has 2 aliphatic heterocycles. The summed E-state index contributed by atoms with van der Waals surface area (Å²) in [5, 5.41) is 6.07. The summed E-state index contributed by atoms with van der Waals surface area (Å²) in [6, 6.07) is 17.4. The molecule has 2 amide bonds. The van der Waals surface area contributed by atoms with Crippen molar-refractivity contribution in [2.75, 3.05) is 26.2 Å². The lowest BCUT2D eigenvalue weighted by molar-refractivity contribution is -0.135. The van der Waals surface area contributed by atoms with Gasteiger partial charge in [-0.2, -0.15) is 0 Å². The molecule has 2 aromatic rings. The minimum atomic E-state index is -0.256. The van der Waals surface area contributed by atoms with Crippen LogP contribution in [0.1, 0.15) is 24.8 Å². The maximum Gasteiger partial charge on any atom is 0.239 e. The normalized spacial score (nSPS) is 19.7.